The van der Waals surface area contributed by atoms with Gasteiger partial charge in [0.1, 0.15) is 5.54 Å². The van der Waals surface area contributed by atoms with E-state index in [-0.39, 0.29) is 17.9 Å². The average molecular weight is 182 g/mol. The van der Waals surface area contributed by atoms with E-state index in [0.717, 1.165) is 25.7 Å². The monoisotopic (exact) mass is 182 g/mol. The zero-order valence-corrected chi connectivity index (χ0v) is 7.72. The molecule has 2 fully saturated rings. The van der Waals surface area contributed by atoms with Gasteiger partial charge >= 0.3 is 6.03 Å². The van der Waals surface area contributed by atoms with Crippen molar-refractivity contribution in [1.29, 1.82) is 0 Å². The number of hydrogen-bond donors (Lipinski definition) is 2. The molecule has 2 atom stereocenters. The molecule has 1 saturated carbocycles. The summed E-state index contributed by atoms with van der Waals surface area (Å²) in [5, 5.41) is 5.09. The van der Waals surface area contributed by atoms with E-state index in [1.807, 2.05) is 6.92 Å². The number of carbonyl (C=O) groups excluding carboxylic acids is 2. The maximum atomic E-state index is 11.6. The largest absolute Gasteiger partial charge is 0.323 e. The summed E-state index contributed by atoms with van der Waals surface area (Å²) in [6, 6.07) is -0.334. The molecule has 72 valence electrons. The summed E-state index contributed by atoms with van der Waals surface area (Å²) in [5.74, 6) is 0.123. The fraction of sp³-hybridized carbons (Fsp3) is 0.778. The topological polar surface area (TPSA) is 58.2 Å². The van der Waals surface area contributed by atoms with Gasteiger partial charge in [-0.1, -0.05) is 19.8 Å². The lowest BCUT2D eigenvalue weighted by atomic mass is 9.74. The minimum absolute atomic E-state index is 0.135. The van der Waals surface area contributed by atoms with E-state index in [2.05, 4.69) is 10.6 Å². The molecule has 1 aliphatic heterocycles. The lowest BCUT2D eigenvalue weighted by Gasteiger charge is -2.36. The lowest BCUT2D eigenvalue weighted by molar-refractivity contribution is -0.126. The van der Waals surface area contributed by atoms with E-state index in [0.29, 0.717) is 0 Å². The van der Waals surface area contributed by atoms with Gasteiger partial charge in [-0.3, -0.25) is 10.1 Å². The minimum Gasteiger partial charge on any atom is -0.323 e. The first kappa shape index (κ1) is 8.53. The Morgan fingerprint density at radius 3 is 2.69 bits per heavy atom. The number of amides is 3. The van der Waals surface area contributed by atoms with E-state index >= 15 is 0 Å². The first-order chi connectivity index (χ1) is 6.15. The molecule has 3 amide bonds. The normalized spacial score (nSPS) is 39.0. The highest BCUT2D eigenvalue weighted by molar-refractivity contribution is 6.07. The highest BCUT2D eigenvalue weighted by Crippen LogP contribution is 2.35. The second kappa shape index (κ2) is 2.72. The molecular formula is C9H14N2O2. The molecule has 1 saturated heterocycles. The maximum absolute atomic E-state index is 11.6. The SMILES string of the molecule is C[C@@H]1CCCC[C@]12NC(=O)NC2=O. The summed E-state index contributed by atoms with van der Waals surface area (Å²) >= 11 is 0. The zero-order chi connectivity index (χ0) is 9.47. The van der Waals surface area contributed by atoms with Crippen molar-refractivity contribution in [2.24, 2.45) is 5.92 Å². The van der Waals surface area contributed by atoms with Crippen LogP contribution < -0.4 is 10.6 Å². The summed E-state index contributed by atoms with van der Waals surface area (Å²) in [4.78, 5) is 22.6. The number of rotatable bonds is 0. The Labute approximate surface area is 77.1 Å². The van der Waals surface area contributed by atoms with Gasteiger partial charge in [0.15, 0.2) is 0 Å². The molecule has 1 heterocycles. The van der Waals surface area contributed by atoms with E-state index < -0.39 is 5.54 Å². The van der Waals surface area contributed by atoms with Crippen LogP contribution >= 0.6 is 0 Å². The van der Waals surface area contributed by atoms with Crippen LogP contribution in [0.25, 0.3) is 0 Å². The summed E-state index contributed by atoms with van der Waals surface area (Å²) in [5.41, 5.74) is -0.588. The Kier molecular flexibility index (Phi) is 1.78. The van der Waals surface area contributed by atoms with E-state index in [1.54, 1.807) is 0 Å². The third-order valence-electron chi connectivity index (χ3n) is 3.27. The molecule has 0 aromatic heterocycles. The number of urea groups is 1. The lowest BCUT2D eigenvalue weighted by Crippen LogP contribution is -2.53. The van der Waals surface area contributed by atoms with Crippen molar-refractivity contribution in [3.63, 3.8) is 0 Å². The summed E-state index contributed by atoms with van der Waals surface area (Å²) < 4.78 is 0. The summed E-state index contributed by atoms with van der Waals surface area (Å²) in [6.07, 6.45) is 3.99. The van der Waals surface area contributed by atoms with Gasteiger partial charge in [0.05, 0.1) is 0 Å². The van der Waals surface area contributed by atoms with Crippen LogP contribution in [0, 0.1) is 5.92 Å². The van der Waals surface area contributed by atoms with Gasteiger partial charge in [0.2, 0.25) is 0 Å². The fourth-order valence-electron chi connectivity index (χ4n) is 2.38. The first-order valence-corrected chi connectivity index (χ1v) is 4.79. The van der Waals surface area contributed by atoms with Gasteiger partial charge in [0, 0.05) is 0 Å². The molecule has 2 rings (SSSR count). The van der Waals surface area contributed by atoms with Gasteiger partial charge in [-0.25, -0.2) is 4.79 Å². The third kappa shape index (κ3) is 1.12. The third-order valence-corrected chi connectivity index (χ3v) is 3.27. The van der Waals surface area contributed by atoms with E-state index in [4.69, 9.17) is 0 Å². The molecule has 0 unspecified atom stereocenters. The van der Waals surface area contributed by atoms with Crippen LogP contribution in [0.5, 0.6) is 0 Å². The maximum Gasteiger partial charge on any atom is 0.322 e. The highest BCUT2D eigenvalue weighted by atomic mass is 16.2. The van der Waals surface area contributed by atoms with Crippen LogP contribution in [0.3, 0.4) is 0 Å². The Balaban J connectivity index is 2.26. The van der Waals surface area contributed by atoms with Crippen molar-refractivity contribution >= 4 is 11.9 Å². The molecule has 0 bridgehead atoms. The predicted molar refractivity (Wildman–Crippen MR) is 47.0 cm³/mol. The Hall–Kier alpha value is -1.06. The number of carbonyl (C=O) groups is 2. The molecule has 0 radical (unpaired) electrons. The molecule has 4 heteroatoms. The van der Waals surface area contributed by atoms with Crippen molar-refractivity contribution < 1.29 is 9.59 Å². The van der Waals surface area contributed by atoms with Gasteiger partial charge in [-0.15, -0.1) is 0 Å². The molecule has 0 aromatic rings. The van der Waals surface area contributed by atoms with E-state index in [9.17, 15) is 9.59 Å². The van der Waals surface area contributed by atoms with Crippen molar-refractivity contribution in [2.45, 2.75) is 38.1 Å². The number of imide groups is 1. The van der Waals surface area contributed by atoms with Crippen LogP contribution in [0.15, 0.2) is 0 Å². The number of nitrogens with one attached hydrogen (secondary N) is 2. The van der Waals surface area contributed by atoms with Gasteiger partial charge in [-0.05, 0) is 18.8 Å². The smallest absolute Gasteiger partial charge is 0.322 e. The van der Waals surface area contributed by atoms with Crippen molar-refractivity contribution in [3.05, 3.63) is 0 Å². The van der Waals surface area contributed by atoms with Crippen LogP contribution in [-0.2, 0) is 4.79 Å². The molecule has 4 nitrogen and oxygen atoms in total. The first-order valence-electron chi connectivity index (χ1n) is 4.79. The zero-order valence-electron chi connectivity index (χ0n) is 7.72. The van der Waals surface area contributed by atoms with Crippen LogP contribution in [0.4, 0.5) is 4.79 Å². The molecule has 13 heavy (non-hydrogen) atoms. The standard InChI is InChI=1S/C9H14N2O2/c1-6-4-2-3-5-9(6)7(12)10-8(13)11-9/h6H,2-5H2,1H3,(H2,10,11,12,13)/t6-,9+/m1/s1. The van der Waals surface area contributed by atoms with Crippen molar-refractivity contribution in [2.75, 3.05) is 0 Å². The quantitative estimate of drug-likeness (QED) is 0.544. The fourth-order valence-corrected chi connectivity index (χ4v) is 2.38. The second-order valence-electron chi connectivity index (χ2n) is 4.03. The minimum atomic E-state index is -0.588. The average Bonchev–Trinajstić information content (AvgIpc) is 2.35. The number of hydrogen-bond acceptors (Lipinski definition) is 2. The van der Waals surface area contributed by atoms with Crippen LogP contribution in [0.1, 0.15) is 32.6 Å². The summed E-state index contributed by atoms with van der Waals surface area (Å²) in [6.45, 7) is 2.03. The summed E-state index contributed by atoms with van der Waals surface area (Å²) in [7, 11) is 0. The predicted octanol–water partition coefficient (Wildman–Crippen LogP) is 0.775. The van der Waals surface area contributed by atoms with Gasteiger partial charge in [-0.2, -0.15) is 0 Å². The molecule has 1 spiro atoms. The molecule has 2 N–H and O–H groups in total. The second-order valence-corrected chi connectivity index (χ2v) is 4.03. The Morgan fingerprint density at radius 2 is 2.15 bits per heavy atom. The molecule has 1 aliphatic carbocycles. The molecule has 0 aromatic carbocycles. The van der Waals surface area contributed by atoms with Crippen LogP contribution in [0.2, 0.25) is 0 Å². The van der Waals surface area contributed by atoms with Crippen molar-refractivity contribution in [1.82, 2.24) is 10.6 Å². The Morgan fingerprint density at radius 1 is 1.38 bits per heavy atom. The van der Waals surface area contributed by atoms with Gasteiger partial charge in [0.25, 0.3) is 5.91 Å². The molecule has 2 aliphatic rings. The van der Waals surface area contributed by atoms with Gasteiger partial charge < -0.3 is 5.32 Å². The van der Waals surface area contributed by atoms with E-state index in [1.165, 1.54) is 0 Å². The molecular weight excluding hydrogens is 168 g/mol. The van der Waals surface area contributed by atoms with Crippen LogP contribution in [-0.4, -0.2) is 17.5 Å². The highest BCUT2D eigenvalue weighted by Gasteiger charge is 2.50. The van der Waals surface area contributed by atoms with Crippen molar-refractivity contribution in [3.8, 4) is 0 Å². The Bertz CT molecular complexity index is 264.